The number of benzene rings is 1. The molecule has 8 heteroatoms. The highest BCUT2D eigenvalue weighted by molar-refractivity contribution is 7.91. The summed E-state index contributed by atoms with van der Waals surface area (Å²) in [4.78, 5) is 9.79. The van der Waals surface area contributed by atoms with Crippen molar-refractivity contribution in [3.8, 4) is 5.75 Å². The Morgan fingerprint density at radius 3 is 2.53 bits per heavy atom. The summed E-state index contributed by atoms with van der Waals surface area (Å²) in [5.41, 5.74) is 0.336. The number of carbonyl (C=O) groups is 1. The van der Waals surface area contributed by atoms with Crippen LogP contribution in [0.3, 0.4) is 0 Å². The van der Waals surface area contributed by atoms with Crippen molar-refractivity contribution >= 4 is 15.8 Å². The second-order valence-corrected chi connectivity index (χ2v) is 5.57. The fraction of sp³-hybridized carbons (Fsp3) is 0.364. The van der Waals surface area contributed by atoms with Crippen LogP contribution in [-0.4, -0.2) is 32.4 Å². The Hall–Kier alpha value is -1.70. The zero-order chi connectivity index (χ0) is 14.6. The molecule has 1 aromatic rings. The number of sulfone groups is 1. The molecule has 0 fully saturated rings. The lowest BCUT2D eigenvalue weighted by Crippen LogP contribution is -2.13. The van der Waals surface area contributed by atoms with E-state index < -0.39 is 26.5 Å². The summed E-state index contributed by atoms with van der Waals surface area (Å²) in [5.74, 6) is -4.82. The van der Waals surface area contributed by atoms with Crippen LogP contribution in [0.4, 0.5) is 8.78 Å². The summed E-state index contributed by atoms with van der Waals surface area (Å²) in [6.45, 7) is 0. The molecule has 0 radical (unpaired) electrons. The minimum Gasteiger partial charge on any atom is -0.495 e. The van der Waals surface area contributed by atoms with E-state index in [4.69, 9.17) is 9.84 Å². The second-order valence-electron chi connectivity index (χ2n) is 3.68. The zero-order valence-corrected chi connectivity index (χ0v) is 10.8. The van der Waals surface area contributed by atoms with Crippen LogP contribution in [0.5, 0.6) is 5.75 Å². The Balaban J connectivity index is 3.21. The van der Waals surface area contributed by atoms with Gasteiger partial charge in [0.05, 0.1) is 7.11 Å². The van der Waals surface area contributed by atoms with Gasteiger partial charge in [-0.15, -0.1) is 0 Å². The summed E-state index contributed by atoms with van der Waals surface area (Å²) in [6.07, 6.45) is -0.175. The van der Waals surface area contributed by atoms with E-state index in [1.54, 1.807) is 0 Å². The van der Waals surface area contributed by atoms with Crippen molar-refractivity contribution < 1.29 is 31.8 Å². The van der Waals surface area contributed by atoms with Gasteiger partial charge < -0.3 is 9.84 Å². The molecule has 0 amide bonds. The monoisotopic (exact) mass is 294 g/mol. The minimum atomic E-state index is -4.79. The predicted molar refractivity (Wildman–Crippen MR) is 62.1 cm³/mol. The van der Waals surface area contributed by atoms with Gasteiger partial charge in [-0.3, -0.25) is 4.79 Å². The molecule has 5 nitrogen and oxygen atoms in total. The van der Waals surface area contributed by atoms with Crippen LogP contribution >= 0.6 is 0 Å². The van der Waals surface area contributed by atoms with Crippen LogP contribution in [0.25, 0.3) is 0 Å². The number of ether oxygens (including phenoxy) is 1. The quantitative estimate of drug-likeness (QED) is 0.863. The van der Waals surface area contributed by atoms with Gasteiger partial charge >= 0.3 is 11.7 Å². The highest BCUT2D eigenvalue weighted by Crippen LogP contribution is 2.29. The van der Waals surface area contributed by atoms with Crippen molar-refractivity contribution in [1.29, 1.82) is 0 Å². The molecule has 1 rings (SSSR count). The number of halogens is 2. The topological polar surface area (TPSA) is 80.7 Å². The van der Waals surface area contributed by atoms with Gasteiger partial charge in [-0.2, -0.15) is 8.78 Å². The number of hydrogen-bond donors (Lipinski definition) is 1. The Kier molecular flexibility index (Phi) is 4.82. The average Bonchev–Trinajstić information content (AvgIpc) is 2.35. The molecule has 0 bridgehead atoms. The normalized spacial score (nSPS) is 11.6. The first-order valence-corrected chi connectivity index (χ1v) is 6.74. The average molecular weight is 294 g/mol. The van der Waals surface area contributed by atoms with Gasteiger partial charge in [-0.1, -0.05) is 6.07 Å². The molecule has 106 valence electrons. The van der Waals surface area contributed by atoms with Crippen molar-refractivity contribution in [2.75, 3.05) is 7.11 Å². The standard InChI is InChI=1S/C11H12F2O5S/c1-18-8-4-2-7(3-5-10(14)15)6-9(8)19(16,17)11(12)13/h2,4,6,11H,3,5H2,1H3,(H,14,15). The van der Waals surface area contributed by atoms with Crippen LogP contribution in [0.2, 0.25) is 0 Å². The Morgan fingerprint density at radius 2 is 2.05 bits per heavy atom. The summed E-state index contributed by atoms with van der Waals surface area (Å²) >= 11 is 0. The van der Waals surface area contributed by atoms with Crippen LogP contribution in [0.15, 0.2) is 23.1 Å². The number of carboxylic acid groups (broad SMARTS) is 1. The number of rotatable bonds is 6. The third-order valence-corrected chi connectivity index (χ3v) is 3.80. The molecule has 0 atom stereocenters. The lowest BCUT2D eigenvalue weighted by atomic mass is 10.1. The molecule has 0 aliphatic heterocycles. The van der Waals surface area contributed by atoms with Crippen LogP contribution < -0.4 is 4.74 Å². The van der Waals surface area contributed by atoms with Crippen molar-refractivity contribution in [3.63, 3.8) is 0 Å². The van der Waals surface area contributed by atoms with E-state index in [0.717, 1.165) is 13.2 Å². The van der Waals surface area contributed by atoms with Crippen molar-refractivity contribution in [2.45, 2.75) is 23.5 Å². The van der Waals surface area contributed by atoms with E-state index in [2.05, 4.69) is 0 Å². The van der Waals surface area contributed by atoms with Crippen LogP contribution in [-0.2, 0) is 21.1 Å². The molecular formula is C11H12F2O5S. The maximum Gasteiger partial charge on any atom is 0.341 e. The van der Waals surface area contributed by atoms with Crippen LogP contribution in [0.1, 0.15) is 12.0 Å². The SMILES string of the molecule is COc1ccc(CCC(=O)O)cc1S(=O)(=O)C(F)F. The first-order chi connectivity index (χ1) is 8.78. The molecule has 0 unspecified atom stereocenters. The van der Waals surface area contributed by atoms with Gasteiger partial charge in [0.15, 0.2) is 0 Å². The minimum absolute atomic E-state index is 0.0467. The molecule has 1 N–H and O–H groups in total. The third kappa shape index (κ3) is 3.63. The Bertz CT molecular complexity index is 568. The molecule has 0 aliphatic rings. The fourth-order valence-corrected chi connectivity index (χ4v) is 2.39. The van der Waals surface area contributed by atoms with Crippen molar-refractivity contribution in [3.05, 3.63) is 23.8 Å². The van der Waals surface area contributed by atoms with E-state index in [1.165, 1.54) is 12.1 Å². The molecule has 0 aromatic heterocycles. The molecular weight excluding hydrogens is 282 g/mol. The molecule has 19 heavy (non-hydrogen) atoms. The zero-order valence-electron chi connectivity index (χ0n) is 9.97. The number of hydrogen-bond acceptors (Lipinski definition) is 4. The Morgan fingerprint density at radius 1 is 1.42 bits per heavy atom. The fourth-order valence-electron chi connectivity index (χ4n) is 1.45. The Labute approximate surface area is 108 Å². The lowest BCUT2D eigenvalue weighted by molar-refractivity contribution is -0.136. The highest BCUT2D eigenvalue weighted by atomic mass is 32.2. The maximum atomic E-state index is 12.5. The molecule has 0 saturated carbocycles. The largest absolute Gasteiger partial charge is 0.495 e. The first-order valence-electron chi connectivity index (χ1n) is 5.19. The van der Waals surface area contributed by atoms with E-state index in [-0.39, 0.29) is 18.6 Å². The molecule has 0 aliphatic carbocycles. The maximum absolute atomic E-state index is 12.5. The summed E-state index contributed by atoms with van der Waals surface area (Å²) in [7, 11) is -3.62. The number of carboxylic acids is 1. The van der Waals surface area contributed by atoms with E-state index in [0.29, 0.717) is 5.56 Å². The molecule has 1 aromatic carbocycles. The van der Waals surface area contributed by atoms with Gasteiger partial charge in [0.2, 0.25) is 9.84 Å². The van der Waals surface area contributed by atoms with E-state index in [1.807, 2.05) is 0 Å². The van der Waals surface area contributed by atoms with Crippen molar-refractivity contribution in [1.82, 2.24) is 0 Å². The summed E-state index contributed by atoms with van der Waals surface area (Å²) in [5, 5.41) is 8.53. The third-order valence-electron chi connectivity index (χ3n) is 2.40. The van der Waals surface area contributed by atoms with Gasteiger partial charge in [0.1, 0.15) is 10.6 Å². The number of aliphatic carboxylic acids is 1. The summed E-state index contributed by atoms with van der Waals surface area (Å²) in [6, 6.07) is 3.68. The number of alkyl halides is 2. The lowest BCUT2D eigenvalue weighted by Gasteiger charge is -2.10. The highest BCUT2D eigenvalue weighted by Gasteiger charge is 2.30. The number of aryl methyl sites for hydroxylation is 1. The first kappa shape index (κ1) is 15.4. The molecule has 0 heterocycles. The predicted octanol–water partition coefficient (Wildman–Crippen LogP) is 1.71. The van der Waals surface area contributed by atoms with E-state index >= 15 is 0 Å². The van der Waals surface area contributed by atoms with Gasteiger partial charge in [-0.25, -0.2) is 8.42 Å². The second kappa shape index (κ2) is 5.96. The van der Waals surface area contributed by atoms with E-state index in [9.17, 15) is 22.0 Å². The van der Waals surface area contributed by atoms with Crippen LogP contribution in [0, 0.1) is 0 Å². The molecule has 0 saturated heterocycles. The number of methoxy groups -OCH3 is 1. The summed E-state index contributed by atoms with van der Waals surface area (Å²) < 4.78 is 52.7. The van der Waals surface area contributed by atoms with Gasteiger partial charge in [0, 0.05) is 6.42 Å². The van der Waals surface area contributed by atoms with Gasteiger partial charge in [0.25, 0.3) is 0 Å². The smallest absolute Gasteiger partial charge is 0.341 e. The molecule has 0 spiro atoms. The van der Waals surface area contributed by atoms with Gasteiger partial charge in [-0.05, 0) is 24.1 Å². The van der Waals surface area contributed by atoms with Crippen molar-refractivity contribution in [2.24, 2.45) is 0 Å².